The fourth-order valence-corrected chi connectivity index (χ4v) is 2.55. The zero-order chi connectivity index (χ0) is 15.8. The van der Waals surface area contributed by atoms with Crippen molar-refractivity contribution in [3.05, 3.63) is 34.3 Å². The number of nitrogens with two attached hydrogens (primary N) is 1. The van der Waals surface area contributed by atoms with Crippen LogP contribution in [-0.2, 0) is 9.31 Å². The van der Waals surface area contributed by atoms with Gasteiger partial charge in [0.15, 0.2) is 0 Å². The Labute approximate surface area is 137 Å². The lowest BCUT2D eigenvalue weighted by molar-refractivity contribution is 0.00578. The highest BCUT2D eigenvalue weighted by molar-refractivity contribution is 7.80. The summed E-state index contributed by atoms with van der Waals surface area (Å²) in [5.41, 5.74) is 7.53. The molecule has 0 atom stereocenters. The quantitative estimate of drug-likeness (QED) is 0.504. The van der Waals surface area contributed by atoms with Crippen molar-refractivity contribution in [1.29, 1.82) is 0 Å². The number of thiol groups is 1. The summed E-state index contributed by atoms with van der Waals surface area (Å²) in [6.45, 7) is 8.08. The molecule has 114 valence electrons. The number of rotatable bonds is 3. The molecule has 2 N–H and O–H groups in total. The Kier molecular flexibility index (Phi) is 4.69. The second-order valence-electron chi connectivity index (χ2n) is 6.21. The molecule has 6 heteroatoms. The molecule has 21 heavy (non-hydrogen) atoms. The Balaban J connectivity index is 2.36. The Morgan fingerprint density at radius 2 is 1.86 bits per heavy atom. The summed E-state index contributed by atoms with van der Waals surface area (Å²) in [6.07, 6.45) is 1.91. The molecule has 1 fully saturated rings. The lowest BCUT2D eigenvalue weighted by Crippen LogP contribution is -2.41. The Hall–Kier alpha value is -0.615. The molecular weight excluding hydrogens is 305 g/mol. The molecule has 0 aliphatic carbocycles. The first-order valence-corrected chi connectivity index (χ1v) is 7.90. The molecule has 0 saturated carbocycles. The van der Waals surface area contributed by atoms with Gasteiger partial charge in [-0.25, -0.2) is 0 Å². The van der Waals surface area contributed by atoms with Crippen LogP contribution in [0.25, 0.3) is 6.08 Å². The topological polar surface area (TPSA) is 44.5 Å². The van der Waals surface area contributed by atoms with E-state index >= 15 is 0 Å². The van der Waals surface area contributed by atoms with E-state index in [1.807, 2.05) is 52.0 Å². The average Bonchev–Trinajstić information content (AvgIpc) is 2.58. The molecule has 1 aliphatic rings. The summed E-state index contributed by atoms with van der Waals surface area (Å²) in [5.74, 6) is 0.501. The first kappa shape index (κ1) is 16.8. The van der Waals surface area contributed by atoms with Crippen LogP contribution in [0.4, 0.5) is 5.69 Å². The molecule has 0 unspecified atom stereocenters. The van der Waals surface area contributed by atoms with Crippen LogP contribution in [0.3, 0.4) is 0 Å². The van der Waals surface area contributed by atoms with Crippen LogP contribution in [0.2, 0.25) is 5.02 Å². The minimum Gasteiger partial charge on any atom is -0.400 e. The molecule has 2 rings (SSSR count). The number of halogens is 1. The minimum absolute atomic E-state index is 0.383. The maximum Gasteiger partial charge on any atom is 0.491 e. The minimum atomic E-state index is -0.442. The first-order chi connectivity index (χ1) is 9.68. The molecule has 0 spiro atoms. The summed E-state index contributed by atoms with van der Waals surface area (Å²) in [5, 5.41) is 0.603. The summed E-state index contributed by atoms with van der Waals surface area (Å²) < 4.78 is 12.1. The van der Waals surface area contributed by atoms with Crippen molar-refractivity contribution in [2.24, 2.45) is 0 Å². The molecule has 1 saturated heterocycles. The van der Waals surface area contributed by atoms with Crippen LogP contribution < -0.4 is 5.73 Å². The van der Waals surface area contributed by atoms with Gasteiger partial charge in [-0.1, -0.05) is 23.7 Å². The van der Waals surface area contributed by atoms with Crippen LogP contribution in [0.15, 0.2) is 23.7 Å². The largest absolute Gasteiger partial charge is 0.491 e. The van der Waals surface area contributed by atoms with Crippen molar-refractivity contribution in [2.45, 2.75) is 38.9 Å². The van der Waals surface area contributed by atoms with Gasteiger partial charge in [0.1, 0.15) is 0 Å². The number of anilines is 1. The average molecular weight is 326 g/mol. The normalized spacial score (nSPS) is 20.9. The van der Waals surface area contributed by atoms with Crippen LogP contribution in [0, 0.1) is 0 Å². The highest BCUT2D eigenvalue weighted by Crippen LogP contribution is 2.39. The number of benzene rings is 1. The maximum atomic E-state index is 6.22. The van der Waals surface area contributed by atoms with Crippen molar-refractivity contribution in [1.82, 2.24) is 0 Å². The van der Waals surface area contributed by atoms with E-state index in [9.17, 15) is 0 Å². The van der Waals surface area contributed by atoms with Crippen LogP contribution in [0.5, 0.6) is 0 Å². The van der Waals surface area contributed by atoms with E-state index in [2.05, 4.69) is 12.6 Å². The maximum absolute atomic E-state index is 6.22. The van der Waals surface area contributed by atoms with E-state index < -0.39 is 7.12 Å². The van der Waals surface area contributed by atoms with Gasteiger partial charge in [-0.3, -0.25) is 0 Å². The summed E-state index contributed by atoms with van der Waals surface area (Å²) in [4.78, 5) is 0. The van der Waals surface area contributed by atoms with Gasteiger partial charge in [0.2, 0.25) is 0 Å². The van der Waals surface area contributed by atoms with Crippen LogP contribution in [0.1, 0.15) is 33.3 Å². The smallest absolute Gasteiger partial charge is 0.400 e. The van der Waals surface area contributed by atoms with Crippen molar-refractivity contribution >= 4 is 43.1 Å². The second-order valence-corrected chi connectivity index (χ2v) is 6.93. The van der Waals surface area contributed by atoms with E-state index in [4.69, 9.17) is 26.6 Å². The summed E-state index contributed by atoms with van der Waals surface area (Å²) >= 11 is 10.6. The standard InChI is InChI=1S/C15H21BClNO2S/c1-14(2)15(3,4)20-16(19-14)10(9-21)8-11-12(17)6-5-7-13(11)18/h5-8,21H,9,18H2,1-4H3. The van der Waals surface area contributed by atoms with E-state index in [0.29, 0.717) is 16.5 Å². The van der Waals surface area contributed by atoms with Gasteiger partial charge in [0, 0.05) is 22.0 Å². The lowest BCUT2D eigenvalue weighted by Gasteiger charge is -2.32. The van der Waals surface area contributed by atoms with Crippen molar-refractivity contribution in [2.75, 3.05) is 11.5 Å². The predicted molar refractivity (Wildman–Crippen MR) is 93.8 cm³/mol. The number of nitrogen functional groups attached to an aromatic ring is 1. The zero-order valence-electron chi connectivity index (χ0n) is 12.8. The van der Waals surface area contributed by atoms with Gasteiger partial charge in [-0.2, -0.15) is 12.6 Å². The fraction of sp³-hybridized carbons (Fsp3) is 0.467. The molecular formula is C15H21BClNO2S. The molecule has 0 amide bonds. The van der Waals surface area contributed by atoms with Gasteiger partial charge in [0.25, 0.3) is 0 Å². The third-order valence-electron chi connectivity index (χ3n) is 4.15. The van der Waals surface area contributed by atoms with Gasteiger partial charge >= 0.3 is 7.12 Å². The predicted octanol–water partition coefficient (Wildman–Crippen LogP) is 3.87. The third-order valence-corrected chi connectivity index (χ3v) is 4.85. The number of hydrogen-bond acceptors (Lipinski definition) is 4. The molecule has 0 aromatic heterocycles. The zero-order valence-corrected chi connectivity index (χ0v) is 14.5. The van der Waals surface area contributed by atoms with Gasteiger partial charge in [-0.15, -0.1) is 0 Å². The molecule has 1 aliphatic heterocycles. The molecule has 0 radical (unpaired) electrons. The fourth-order valence-electron chi connectivity index (χ4n) is 2.07. The first-order valence-electron chi connectivity index (χ1n) is 6.89. The lowest BCUT2D eigenvalue weighted by atomic mass is 9.78. The van der Waals surface area contributed by atoms with E-state index in [-0.39, 0.29) is 11.2 Å². The van der Waals surface area contributed by atoms with E-state index in [0.717, 1.165) is 11.0 Å². The summed E-state index contributed by atoms with van der Waals surface area (Å²) in [6, 6.07) is 5.45. The molecule has 0 bridgehead atoms. The second kappa shape index (κ2) is 5.88. The van der Waals surface area contributed by atoms with Crippen molar-refractivity contribution in [3.8, 4) is 0 Å². The molecule has 1 aromatic rings. The number of hydrogen-bond donors (Lipinski definition) is 2. The molecule has 1 heterocycles. The summed E-state index contributed by atoms with van der Waals surface area (Å²) in [7, 11) is -0.442. The van der Waals surface area contributed by atoms with Crippen molar-refractivity contribution in [3.63, 3.8) is 0 Å². The Morgan fingerprint density at radius 1 is 1.29 bits per heavy atom. The van der Waals surface area contributed by atoms with Crippen molar-refractivity contribution < 1.29 is 9.31 Å². The highest BCUT2D eigenvalue weighted by Gasteiger charge is 2.52. The van der Waals surface area contributed by atoms with Gasteiger partial charge < -0.3 is 15.0 Å². The highest BCUT2D eigenvalue weighted by atomic mass is 35.5. The SMILES string of the molecule is CC1(C)OB(C(=Cc2c(N)cccc2Cl)CS)OC1(C)C. The monoisotopic (exact) mass is 325 g/mol. The Bertz CT molecular complexity index is 539. The van der Waals surface area contributed by atoms with Crippen LogP contribution >= 0.6 is 24.2 Å². The van der Waals surface area contributed by atoms with E-state index in [1.54, 1.807) is 0 Å². The third kappa shape index (κ3) is 3.26. The van der Waals surface area contributed by atoms with Gasteiger partial charge in [0.05, 0.1) is 11.2 Å². The Morgan fingerprint density at radius 3 is 2.33 bits per heavy atom. The van der Waals surface area contributed by atoms with E-state index in [1.165, 1.54) is 0 Å². The molecule has 3 nitrogen and oxygen atoms in total. The van der Waals surface area contributed by atoms with Crippen LogP contribution in [-0.4, -0.2) is 24.1 Å². The molecule has 1 aromatic carbocycles. The van der Waals surface area contributed by atoms with Gasteiger partial charge in [-0.05, 0) is 45.3 Å².